The van der Waals surface area contributed by atoms with Gasteiger partial charge in [0, 0.05) is 33.0 Å². The number of rotatable bonds is 8. The van der Waals surface area contributed by atoms with Gasteiger partial charge in [-0.3, -0.25) is 9.59 Å². The molecule has 2 aromatic rings. The van der Waals surface area contributed by atoms with Crippen LogP contribution in [0, 0.1) is 6.92 Å². The van der Waals surface area contributed by atoms with Crippen molar-refractivity contribution in [3.05, 3.63) is 59.2 Å². The van der Waals surface area contributed by atoms with Crippen LogP contribution in [-0.4, -0.2) is 48.9 Å². The van der Waals surface area contributed by atoms with Crippen LogP contribution in [0.25, 0.3) is 11.1 Å². The number of carbonyl (C=O) groups excluding carboxylic acids is 3. The number of ketones is 1. The second kappa shape index (κ2) is 11.6. The van der Waals surface area contributed by atoms with Crippen LogP contribution in [0.15, 0.2) is 42.5 Å². The Labute approximate surface area is 196 Å². The Bertz CT molecular complexity index is 1000. The topological polar surface area (TPSA) is 75.7 Å². The summed E-state index contributed by atoms with van der Waals surface area (Å²) in [6, 6.07) is 14.3. The Balaban J connectivity index is 1.77. The summed E-state index contributed by atoms with van der Waals surface area (Å²) in [6.45, 7) is 7.37. The summed E-state index contributed by atoms with van der Waals surface area (Å²) < 4.78 is 5.36. The lowest BCUT2D eigenvalue weighted by molar-refractivity contribution is -0.123. The van der Waals surface area contributed by atoms with E-state index in [1.54, 1.807) is 4.90 Å². The molecule has 3 rings (SSSR count). The van der Waals surface area contributed by atoms with Crippen LogP contribution in [0.1, 0.15) is 55.7 Å². The molecule has 0 aliphatic carbocycles. The number of hydrogen-bond donors (Lipinski definition) is 1. The molecule has 33 heavy (non-hydrogen) atoms. The van der Waals surface area contributed by atoms with E-state index in [0.29, 0.717) is 32.7 Å². The van der Waals surface area contributed by atoms with Crippen molar-refractivity contribution in [3.8, 4) is 11.1 Å². The number of likely N-dealkylation sites (tertiary alicyclic amines) is 1. The predicted molar refractivity (Wildman–Crippen MR) is 129 cm³/mol. The number of amides is 2. The van der Waals surface area contributed by atoms with Crippen molar-refractivity contribution >= 4 is 17.8 Å². The van der Waals surface area contributed by atoms with Gasteiger partial charge in [0.15, 0.2) is 0 Å². The minimum Gasteiger partial charge on any atom is -0.449 e. The number of nitrogens with one attached hydrogen (secondary N) is 1. The Kier molecular flexibility index (Phi) is 8.64. The SMILES string of the molecule is CCCCOC(=O)N1CCC(=O)C(c2ccc(-c3ccccc3CCNC(C)=O)cc2C)C1. The summed E-state index contributed by atoms with van der Waals surface area (Å²) in [7, 11) is 0. The largest absolute Gasteiger partial charge is 0.449 e. The van der Waals surface area contributed by atoms with Gasteiger partial charge < -0.3 is 15.0 Å². The van der Waals surface area contributed by atoms with Crippen molar-refractivity contribution in [3.63, 3.8) is 0 Å². The third kappa shape index (κ3) is 6.44. The van der Waals surface area contributed by atoms with E-state index >= 15 is 0 Å². The molecule has 0 aromatic heterocycles. The number of unbranched alkanes of at least 4 members (excludes halogenated alkanes) is 1. The van der Waals surface area contributed by atoms with Gasteiger partial charge in [-0.15, -0.1) is 0 Å². The number of piperidine rings is 1. The minimum atomic E-state index is -0.332. The summed E-state index contributed by atoms with van der Waals surface area (Å²) >= 11 is 0. The van der Waals surface area contributed by atoms with Gasteiger partial charge in [-0.05, 0) is 47.6 Å². The second-order valence-corrected chi connectivity index (χ2v) is 8.64. The highest BCUT2D eigenvalue weighted by Crippen LogP contribution is 2.31. The number of aryl methyl sites for hydroxylation is 1. The highest BCUT2D eigenvalue weighted by molar-refractivity contribution is 5.89. The molecule has 1 aliphatic heterocycles. The van der Waals surface area contributed by atoms with E-state index < -0.39 is 0 Å². The molecule has 2 amide bonds. The highest BCUT2D eigenvalue weighted by Gasteiger charge is 2.32. The normalized spacial score (nSPS) is 15.9. The van der Waals surface area contributed by atoms with E-state index in [2.05, 4.69) is 30.4 Å². The van der Waals surface area contributed by atoms with Gasteiger partial charge in [-0.1, -0.05) is 55.8 Å². The molecule has 6 nitrogen and oxygen atoms in total. The van der Waals surface area contributed by atoms with Crippen LogP contribution in [0.2, 0.25) is 0 Å². The number of carbonyl (C=O) groups is 3. The van der Waals surface area contributed by atoms with Crippen LogP contribution in [0.4, 0.5) is 4.79 Å². The molecule has 0 bridgehead atoms. The zero-order valence-electron chi connectivity index (χ0n) is 19.9. The van der Waals surface area contributed by atoms with Crippen molar-refractivity contribution in [2.45, 2.75) is 52.4 Å². The maximum atomic E-state index is 12.7. The van der Waals surface area contributed by atoms with Crippen LogP contribution in [-0.2, 0) is 20.7 Å². The standard InChI is InChI=1S/C27H34N2O4/c1-4-5-16-33-27(32)29-15-13-26(31)25(18-29)23-11-10-22(17-19(23)2)24-9-7-6-8-21(24)12-14-28-20(3)30/h6-11,17,25H,4-5,12-16,18H2,1-3H3,(H,28,30). The van der Waals surface area contributed by atoms with E-state index in [9.17, 15) is 14.4 Å². The molecule has 2 aromatic carbocycles. The third-order valence-corrected chi connectivity index (χ3v) is 6.14. The van der Waals surface area contributed by atoms with E-state index in [1.807, 2.05) is 31.2 Å². The lowest BCUT2D eigenvalue weighted by Gasteiger charge is -2.32. The van der Waals surface area contributed by atoms with Gasteiger partial charge in [0.25, 0.3) is 0 Å². The molecule has 0 saturated carbocycles. The maximum absolute atomic E-state index is 12.7. The zero-order valence-corrected chi connectivity index (χ0v) is 19.9. The van der Waals surface area contributed by atoms with Crippen molar-refractivity contribution in [1.82, 2.24) is 10.2 Å². The molecule has 6 heteroatoms. The fourth-order valence-corrected chi connectivity index (χ4v) is 4.29. The van der Waals surface area contributed by atoms with E-state index in [0.717, 1.165) is 47.1 Å². The molecule has 1 atom stereocenters. The summed E-state index contributed by atoms with van der Waals surface area (Å²) in [4.78, 5) is 38.0. The minimum absolute atomic E-state index is 0.0342. The lowest BCUT2D eigenvalue weighted by Crippen LogP contribution is -2.43. The third-order valence-electron chi connectivity index (χ3n) is 6.14. The molecule has 0 spiro atoms. The van der Waals surface area contributed by atoms with Crippen molar-refractivity contribution < 1.29 is 19.1 Å². The molecule has 1 aliphatic rings. The highest BCUT2D eigenvalue weighted by atomic mass is 16.6. The second-order valence-electron chi connectivity index (χ2n) is 8.64. The van der Waals surface area contributed by atoms with Crippen molar-refractivity contribution in [1.29, 1.82) is 0 Å². The molecular formula is C27H34N2O4. The van der Waals surface area contributed by atoms with Crippen LogP contribution < -0.4 is 5.32 Å². The van der Waals surface area contributed by atoms with Gasteiger partial charge in [0.05, 0.1) is 12.5 Å². The van der Waals surface area contributed by atoms with Gasteiger partial charge in [-0.2, -0.15) is 0 Å². The number of ether oxygens (including phenoxy) is 1. The average molecular weight is 451 g/mol. The molecule has 1 heterocycles. The molecule has 0 radical (unpaired) electrons. The smallest absolute Gasteiger partial charge is 0.409 e. The summed E-state index contributed by atoms with van der Waals surface area (Å²) in [5.74, 6) is -0.200. The van der Waals surface area contributed by atoms with Gasteiger partial charge in [-0.25, -0.2) is 4.79 Å². The number of benzene rings is 2. The van der Waals surface area contributed by atoms with Gasteiger partial charge in [0.1, 0.15) is 5.78 Å². The predicted octanol–water partition coefficient (Wildman–Crippen LogP) is 4.64. The molecule has 176 valence electrons. The fraction of sp³-hybridized carbons (Fsp3) is 0.444. The number of hydrogen-bond acceptors (Lipinski definition) is 4. The molecule has 1 N–H and O–H groups in total. The average Bonchev–Trinajstić information content (AvgIpc) is 2.80. The molecule has 1 saturated heterocycles. The Morgan fingerprint density at radius 2 is 1.97 bits per heavy atom. The first-order valence-corrected chi connectivity index (χ1v) is 11.8. The first kappa shape index (κ1) is 24.5. The van der Waals surface area contributed by atoms with Crippen LogP contribution in [0.3, 0.4) is 0 Å². The van der Waals surface area contributed by atoms with Crippen molar-refractivity contribution in [2.75, 3.05) is 26.2 Å². The summed E-state index contributed by atoms with van der Waals surface area (Å²) in [6.07, 6.45) is 2.57. The van der Waals surface area contributed by atoms with Gasteiger partial charge in [0.2, 0.25) is 5.91 Å². The summed E-state index contributed by atoms with van der Waals surface area (Å²) in [5, 5.41) is 2.85. The first-order chi connectivity index (χ1) is 15.9. The maximum Gasteiger partial charge on any atom is 0.409 e. The quantitative estimate of drug-likeness (QED) is 0.595. The molecular weight excluding hydrogens is 416 g/mol. The first-order valence-electron chi connectivity index (χ1n) is 11.8. The van der Waals surface area contributed by atoms with E-state index in [-0.39, 0.29) is 23.7 Å². The molecule has 1 unspecified atom stereocenters. The Morgan fingerprint density at radius 1 is 1.18 bits per heavy atom. The monoisotopic (exact) mass is 450 g/mol. The van der Waals surface area contributed by atoms with Crippen LogP contribution >= 0.6 is 0 Å². The number of nitrogens with zero attached hydrogens (tertiary/aromatic N) is 1. The van der Waals surface area contributed by atoms with Gasteiger partial charge >= 0.3 is 6.09 Å². The van der Waals surface area contributed by atoms with E-state index in [1.165, 1.54) is 6.92 Å². The summed E-state index contributed by atoms with van der Waals surface area (Å²) in [5.41, 5.74) is 5.35. The fourth-order valence-electron chi connectivity index (χ4n) is 4.29. The van der Waals surface area contributed by atoms with E-state index in [4.69, 9.17) is 4.74 Å². The van der Waals surface area contributed by atoms with Crippen molar-refractivity contribution in [2.24, 2.45) is 0 Å². The Morgan fingerprint density at radius 3 is 2.70 bits per heavy atom. The molecule has 1 fully saturated rings. The van der Waals surface area contributed by atoms with Crippen LogP contribution in [0.5, 0.6) is 0 Å². The number of Topliss-reactive ketones (excluding diaryl/α,β-unsaturated/α-hetero) is 1. The lowest BCUT2D eigenvalue weighted by atomic mass is 9.85. The Hall–Kier alpha value is -3.15. The zero-order chi connectivity index (χ0) is 23.8.